The molecule has 1 aromatic rings. The second-order valence-electron chi connectivity index (χ2n) is 4.06. The van der Waals surface area contributed by atoms with E-state index < -0.39 is 0 Å². The van der Waals surface area contributed by atoms with Crippen LogP contribution in [0.3, 0.4) is 0 Å². The normalized spacial score (nSPS) is 20.1. The Bertz CT molecular complexity index is 353. The van der Waals surface area contributed by atoms with Gasteiger partial charge in [0, 0.05) is 18.4 Å². The highest BCUT2D eigenvalue weighted by molar-refractivity contribution is 5.78. The van der Waals surface area contributed by atoms with Gasteiger partial charge in [-0.1, -0.05) is 6.07 Å². The zero-order valence-corrected chi connectivity index (χ0v) is 9.17. The number of aliphatic hydroxyl groups excluding tert-OH is 1. The fourth-order valence-corrected chi connectivity index (χ4v) is 2.11. The number of pyridine rings is 1. The Hall–Kier alpha value is -1.42. The molecule has 2 rings (SSSR count). The number of aromatic nitrogens is 1. The molecule has 16 heavy (non-hydrogen) atoms. The van der Waals surface area contributed by atoms with Gasteiger partial charge >= 0.3 is 0 Å². The zero-order chi connectivity index (χ0) is 11.4. The van der Waals surface area contributed by atoms with E-state index in [9.17, 15) is 4.79 Å². The van der Waals surface area contributed by atoms with Crippen LogP contribution in [0, 0.1) is 0 Å². The number of carbonyl (C=O) groups excluding carboxylic acids is 1. The minimum absolute atomic E-state index is 0.0104. The van der Waals surface area contributed by atoms with Crippen LogP contribution < -0.4 is 0 Å². The van der Waals surface area contributed by atoms with Crippen LogP contribution in [0.4, 0.5) is 0 Å². The first-order valence-electron chi connectivity index (χ1n) is 5.61. The van der Waals surface area contributed by atoms with E-state index in [0.717, 1.165) is 25.1 Å². The minimum atomic E-state index is 0.0104. The van der Waals surface area contributed by atoms with Crippen LogP contribution >= 0.6 is 0 Å². The van der Waals surface area contributed by atoms with E-state index in [-0.39, 0.29) is 18.6 Å². The van der Waals surface area contributed by atoms with Gasteiger partial charge in [0.25, 0.3) is 0 Å². The maximum Gasteiger partial charge on any atom is 0.228 e. The third kappa shape index (κ3) is 2.39. The fourth-order valence-electron chi connectivity index (χ4n) is 2.11. The Morgan fingerprint density at radius 3 is 3.12 bits per heavy atom. The SMILES string of the molecule is O=C(Cc1ccccn1)N1CCCC1CO. The predicted molar refractivity (Wildman–Crippen MR) is 59.8 cm³/mol. The topological polar surface area (TPSA) is 53.4 Å². The number of carbonyl (C=O) groups is 1. The van der Waals surface area contributed by atoms with Crippen molar-refractivity contribution in [2.75, 3.05) is 13.2 Å². The van der Waals surface area contributed by atoms with Crippen molar-refractivity contribution < 1.29 is 9.90 Å². The first-order chi connectivity index (χ1) is 7.81. The average Bonchev–Trinajstić information content (AvgIpc) is 2.78. The second kappa shape index (κ2) is 5.07. The van der Waals surface area contributed by atoms with E-state index in [2.05, 4.69) is 4.98 Å². The molecule has 4 heteroatoms. The molecule has 0 bridgehead atoms. The van der Waals surface area contributed by atoms with E-state index in [0.29, 0.717) is 6.42 Å². The third-order valence-corrected chi connectivity index (χ3v) is 2.97. The lowest BCUT2D eigenvalue weighted by atomic mass is 10.2. The van der Waals surface area contributed by atoms with Crippen LogP contribution in [0.2, 0.25) is 0 Å². The molecule has 1 unspecified atom stereocenters. The van der Waals surface area contributed by atoms with Crippen LogP contribution in [-0.4, -0.2) is 40.1 Å². The summed E-state index contributed by atoms with van der Waals surface area (Å²) in [7, 11) is 0. The van der Waals surface area contributed by atoms with E-state index >= 15 is 0 Å². The van der Waals surface area contributed by atoms with Crippen LogP contribution in [-0.2, 0) is 11.2 Å². The number of rotatable bonds is 3. The third-order valence-electron chi connectivity index (χ3n) is 2.97. The molecule has 1 fully saturated rings. The number of hydrogen-bond acceptors (Lipinski definition) is 3. The number of aliphatic hydroxyl groups is 1. The lowest BCUT2D eigenvalue weighted by molar-refractivity contribution is -0.132. The molecule has 4 nitrogen and oxygen atoms in total. The molecule has 1 saturated heterocycles. The highest BCUT2D eigenvalue weighted by atomic mass is 16.3. The van der Waals surface area contributed by atoms with Gasteiger partial charge in [-0.15, -0.1) is 0 Å². The number of amides is 1. The van der Waals surface area contributed by atoms with Crippen molar-refractivity contribution in [3.8, 4) is 0 Å². The van der Waals surface area contributed by atoms with Gasteiger partial charge in [0.15, 0.2) is 0 Å². The number of likely N-dealkylation sites (tertiary alicyclic amines) is 1. The molecular formula is C12H16N2O2. The summed E-state index contributed by atoms with van der Waals surface area (Å²) in [6.07, 6.45) is 3.91. The Morgan fingerprint density at radius 2 is 2.44 bits per heavy atom. The van der Waals surface area contributed by atoms with Gasteiger partial charge in [-0.25, -0.2) is 0 Å². The molecule has 0 aliphatic carbocycles. The molecule has 0 aromatic carbocycles. The van der Waals surface area contributed by atoms with Crippen molar-refractivity contribution in [2.24, 2.45) is 0 Å². The summed E-state index contributed by atoms with van der Waals surface area (Å²) in [5.41, 5.74) is 0.788. The summed E-state index contributed by atoms with van der Waals surface area (Å²) in [5.74, 6) is 0.0650. The molecule has 1 atom stereocenters. The molecule has 86 valence electrons. The molecule has 1 N–H and O–H groups in total. The number of nitrogens with zero attached hydrogens (tertiary/aromatic N) is 2. The second-order valence-corrected chi connectivity index (χ2v) is 4.06. The van der Waals surface area contributed by atoms with Gasteiger partial charge in [-0.3, -0.25) is 9.78 Å². The van der Waals surface area contributed by atoms with Gasteiger partial charge in [-0.2, -0.15) is 0 Å². The largest absolute Gasteiger partial charge is 0.394 e. The average molecular weight is 220 g/mol. The van der Waals surface area contributed by atoms with Crippen LogP contribution in [0.5, 0.6) is 0 Å². The van der Waals surface area contributed by atoms with Crippen molar-refractivity contribution in [3.63, 3.8) is 0 Å². The smallest absolute Gasteiger partial charge is 0.228 e. The van der Waals surface area contributed by atoms with Crippen molar-refractivity contribution >= 4 is 5.91 Å². The van der Waals surface area contributed by atoms with Crippen LogP contribution in [0.25, 0.3) is 0 Å². The molecule has 0 spiro atoms. The zero-order valence-electron chi connectivity index (χ0n) is 9.17. The quantitative estimate of drug-likeness (QED) is 0.812. The molecule has 0 radical (unpaired) electrons. The highest BCUT2D eigenvalue weighted by Gasteiger charge is 2.27. The van der Waals surface area contributed by atoms with Crippen LogP contribution in [0.15, 0.2) is 24.4 Å². The van der Waals surface area contributed by atoms with E-state index in [4.69, 9.17) is 5.11 Å². The van der Waals surface area contributed by atoms with Gasteiger partial charge in [-0.05, 0) is 25.0 Å². The maximum atomic E-state index is 12.0. The maximum absolute atomic E-state index is 12.0. The van der Waals surface area contributed by atoms with Crippen molar-refractivity contribution in [3.05, 3.63) is 30.1 Å². The standard InChI is InChI=1S/C12H16N2O2/c15-9-11-5-3-7-14(11)12(16)8-10-4-1-2-6-13-10/h1-2,4,6,11,15H,3,5,7-9H2. The summed E-state index contributed by atoms with van der Waals surface area (Å²) in [6.45, 7) is 0.824. The predicted octanol–water partition coefficient (Wildman–Crippen LogP) is 0.607. The van der Waals surface area contributed by atoms with E-state index in [1.165, 1.54) is 0 Å². The Kier molecular flexibility index (Phi) is 3.51. The van der Waals surface area contributed by atoms with E-state index in [1.807, 2.05) is 18.2 Å². The number of hydrogen-bond donors (Lipinski definition) is 1. The summed E-state index contributed by atoms with van der Waals surface area (Å²) in [6, 6.07) is 5.57. The molecule has 0 saturated carbocycles. The summed E-state index contributed by atoms with van der Waals surface area (Å²) in [5, 5.41) is 9.14. The van der Waals surface area contributed by atoms with Gasteiger partial charge in [0.1, 0.15) is 0 Å². The highest BCUT2D eigenvalue weighted by Crippen LogP contribution is 2.17. The van der Waals surface area contributed by atoms with E-state index in [1.54, 1.807) is 11.1 Å². The molecule has 1 aliphatic rings. The Balaban J connectivity index is 1.98. The Morgan fingerprint density at radius 1 is 1.56 bits per heavy atom. The lowest BCUT2D eigenvalue weighted by Gasteiger charge is -2.22. The molecular weight excluding hydrogens is 204 g/mol. The van der Waals surface area contributed by atoms with Crippen molar-refractivity contribution in [1.29, 1.82) is 0 Å². The van der Waals surface area contributed by atoms with Crippen molar-refractivity contribution in [2.45, 2.75) is 25.3 Å². The van der Waals surface area contributed by atoms with Gasteiger partial charge < -0.3 is 10.0 Å². The van der Waals surface area contributed by atoms with Crippen LogP contribution in [0.1, 0.15) is 18.5 Å². The molecule has 1 amide bonds. The lowest BCUT2D eigenvalue weighted by Crippen LogP contribution is -2.38. The first-order valence-corrected chi connectivity index (χ1v) is 5.61. The fraction of sp³-hybridized carbons (Fsp3) is 0.500. The monoisotopic (exact) mass is 220 g/mol. The summed E-state index contributed by atoms with van der Waals surface area (Å²) >= 11 is 0. The molecule has 1 aromatic heterocycles. The molecule has 2 heterocycles. The molecule has 1 aliphatic heterocycles. The minimum Gasteiger partial charge on any atom is -0.394 e. The summed E-state index contributed by atoms with van der Waals surface area (Å²) in [4.78, 5) is 17.9. The first kappa shape index (κ1) is 11.1. The van der Waals surface area contributed by atoms with Gasteiger partial charge in [0.05, 0.1) is 19.1 Å². The summed E-state index contributed by atoms with van der Waals surface area (Å²) < 4.78 is 0. The van der Waals surface area contributed by atoms with Gasteiger partial charge in [0.2, 0.25) is 5.91 Å². The Labute approximate surface area is 94.9 Å². The van der Waals surface area contributed by atoms with Crippen molar-refractivity contribution in [1.82, 2.24) is 9.88 Å².